The molecule has 0 rings (SSSR count). The van der Waals surface area contributed by atoms with Crippen molar-refractivity contribution >= 4 is 54.3 Å². The Hall–Kier alpha value is -0.130. The number of rotatable bonds is 10. The second kappa shape index (κ2) is 9.89. The fourth-order valence-electron chi connectivity index (χ4n) is 2.00. The molecular weight excluding hydrogens is 308 g/mol. The van der Waals surface area contributed by atoms with E-state index in [0.29, 0.717) is 5.92 Å². The van der Waals surface area contributed by atoms with Crippen LogP contribution in [0, 0.1) is 5.92 Å². The predicted octanol–water partition coefficient (Wildman–Crippen LogP) is 0.719. The minimum absolute atomic E-state index is 0.109. The molecule has 0 aliphatic rings. The Morgan fingerprint density at radius 1 is 1.23 bits per heavy atom. The van der Waals surface area contributed by atoms with Crippen molar-refractivity contribution in [3.05, 3.63) is 0 Å². The van der Waals surface area contributed by atoms with Crippen LogP contribution in [0.25, 0.3) is 0 Å². The summed E-state index contributed by atoms with van der Waals surface area (Å²) in [7, 11) is 10.3. The van der Waals surface area contributed by atoms with Gasteiger partial charge in [-0.05, 0) is 0 Å². The molecule has 0 aliphatic carbocycles. The second-order valence-electron chi connectivity index (χ2n) is 6.60. The zero-order valence-electron chi connectivity index (χ0n) is 15.2. The van der Waals surface area contributed by atoms with Gasteiger partial charge in [-0.3, -0.25) is 0 Å². The molecule has 7 heteroatoms. The van der Waals surface area contributed by atoms with Gasteiger partial charge in [-0.15, -0.1) is 0 Å². The van der Waals surface area contributed by atoms with Gasteiger partial charge in [-0.1, -0.05) is 0 Å². The van der Waals surface area contributed by atoms with Crippen molar-refractivity contribution in [1.82, 2.24) is 16.0 Å². The topological polar surface area (TPSA) is 36.1 Å². The van der Waals surface area contributed by atoms with Crippen LogP contribution < -0.4 is 16.0 Å². The molecule has 0 aromatic carbocycles. The number of thioether (sulfide) groups is 1. The summed E-state index contributed by atoms with van der Waals surface area (Å²) in [5, 5.41) is 10.1. The molecule has 2 unspecified atom stereocenters. The van der Waals surface area contributed by atoms with Gasteiger partial charge in [0, 0.05) is 0 Å². The Kier molecular flexibility index (Phi) is 9.83. The van der Waals surface area contributed by atoms with E-state index in [1.54, 1.807) is 11.8 Å². The molecule has 22 heavy (non-hydrogen) atoms. The van der Waals surface area contributed by atoms with Crippen LogP contribution in [0.15, 0.2) is 0 Å². The van der Waals surface area contributed by atoms with Crippen molar-refractivity contribution < 1.29 is 0 Å². The molecule has 0 aromatic heterocycles. The zero-order chi connectivity index (χ0) is 17.5. The molecular formula is C15H31B2N3S2. The summed E-state index contributed by atoms with van der Waals surface area (Å²) in [5.74, 6) is 0.551. The van der Waals surface area contributed by atoms with Crippen LogP contribution in [-0.2, 0) is 0 Å². The number of hydrogen-bond donors (Lipinski definition) is 3. The maximum absolute atomic E-state index is 5.48. The van der Waals surface area contributed by atoms with Crippen molar-refractivity contribution in [2.24, 2.45) is 5.92 Å². The van der Waals surface area contributed by atoms with E-state index in [1.807, 2.05) is 13.3 Å². The molecule has 0 saturated heterocycles. The summed E-state index contributed by atoms with van der Waals surface area (Å²) in [5.41, 5.74) is 0.753. The third-order valence-corrected chi connectivity index (χ3v) is 5.16. The molecule has 2 atom stereocenters. The number of likely N-dealkylation sites (N-methyl/N-ethyl adjacent to an activating group) is 1. The molecule has 0 spiro atoms. The van der Waals surface area contributed by atoms with Crippen molar-refractivity contribution in [3.8, 4) is 0 Å². The van der Waals surface area contributed by atoms with E-state index in [0.717, 1.165) is 21.8 Å². The molecule has 0 bridgehead atoms. The Labute approximate surface area is 148 Å². The van der Waals surface area contributed by atoms with E-state index in [-0.39, 0.29) is 17.6 Å². The van der Waals surface area contributed by atoms with Crippen molar-refractivity contribution in [2.75, 3.05) is 13.3 Å². The molecule has 0 radical (unpaired) electrons. The summed E-state index contributed by atoms with van der Waals surface area (Å²) >= 11 is 7.14. The third-order valence-electron chi connectivity index (χ3n) is 3.69. The molecule has 0 heterocycles. The second-order valence-corrected chi connectivity index (χ2v) is 7.94. The van der Waals surface area contributed by atoms with Gasteiger partial charge < -0.3 is 0 Å². The first-order chi connectivity index (χ1) is 10.0. The van der Waals surface area contributed by atoms with E-state index < -0.39 is 0 Å². The van der Waals surface area contributed by atoms with E-state index in [4.69, 9.17) is 12.2 Å². The Morgan fingerprint density at radius 2 is 1.77 bits per heavy atom. The third kappa shape index (κ3) is 7.42. The van der Waals surface area contributed by atoms with Gasteiger partial charge in [-0.25, -0.2) is 0 Å². The maximum atomic E-state index is 5.48. The summed E-state index contributed by atoms with van der Waals surface area (Å²) in [6.45, 7) is 10.7. The Morgan fingerprint density at radius 3 is 2.18 bits per heavy atom. The van der Waals surface area contributed by atoms with Crippen LogP contribution in [0.1, 0.15) is 41.0 Å². The molecule has 3 N–H and O–H groups in total. The van der Waals surface area contributed by atoms with E-state index in [9.17, 15) is 0 Å². The van der Waals surface area contributed by atoms with E-state index in [1.165, 1.54) is 0 Å². The fraction of sp³-hybridized carbons (Fsp3) is 0.800. The Bertz CT molecular complexity index is 412. The molecule has 0 aliphatic heterocycles. The normalized spacial score (nSPS) is 14.3. The van der Waals surface area contributed by atoms with Gasteiger partial charge in [0.2, 0.25) is 0 Å². The molecule has 0 saturated carbocycles. The number of hydrogen-bond acceptors (Lipinski definition) is 4. The average molecular weight is 339 g/mol. The molecule has 124 valence electrons. The first-order valence-corrected chi connectivity index (χ1v) is 9.36. The molecule has 0 amide bonds. The monoisotopic (exact) mass is 339 g/mol. The van der Waals surface area contributed by atoms with Gasteiger partial charge in [-0.2, -0.15) is 0 Å². The number of nitrogens with one attached hydrogen (secondary N) is 3. The summed E-state index contributed by atoms with van der Waals surface area (Å²) < 4.78 is 0. The van der Waals surface area contributed by atoms with E-state index in [2.05, 4.69) is 65.5 Å². The van der Waals surface area contributed by atoms with Crippen LogP contribution in [0.5, 0.6) is 0 Å². The summed E-state index contributed by atoms with van der Waals surface area (Å²) in [4.78, 5) is 1.90. The van der Waals surface area contributed by atoms with Gasteiger partial charge >= 0.3 is 148 Å². The molecule has 0 fully saturated rings. The first kappa shape index (κ1) is 21.9. The standard InChI is InChI=1S/C15H31B2N3S2/c1-9(2)8-11(19-13(21)10(3)18-6)12(16)20-15(4,5)14(17)22-7/h9-11,16-18,20H,8H2,1-7H3,(H,19,21). The number of thiocarbonyl (C=S) groups is 1. The Balaban J connectivity index is 4.99. The summed E-state index contributed by atoms with van der Waals surface area (Å²) in [6, 6.07) is 0.254. The minimum atomic E-state index is -0.205. The van der Waals surface area contributed by atoms with Crippen molar-refractivity contribution in [1.29, 1.82) is 0 Å². The fourth-order valence-corrected chi connectivity index (χ4v) is 2.82. The molecule has 3 nitrogen and oxygen atoms in total. The predicted molar refractivity (Wildman–Crippen MR) is 113 cm³/mol. The van der Waals surface area contributed by atoms with E-state index >= 15 is 0 Å². The van der Waals surface area contributed by atoms with Crippen LogP contribution in [-0.4, -0.2) is 61.3 Å². The first-order valence-electron chi connectivity index (χ1n) is 7.73. The van der Waals surface area contributed by atoms with Gasteiger partial charge in [0.15, 0.2) is 0 Å². The van der Waals surface area contributed by atoms with Crippen LogP contribution in [0.3, 0.4) is 0 Å². The van der Waals surface area contributed by atoms with Crippen LogP contribution >= 0.6 is 24.0 Å². The van der Waals surface area contributed by atoms with Crippen molar-refractivity contribution in [2.45, 2.75) is 58.7 Å². The van der Waals surface area contributed by atoms with Crippen LogP contribution in [0.2, 0.25) is 0 Å². The van der Waals surface area contributed by atoms with Gasteiger partial charge in [0.05, 0.1) is 0 Å². The van der Waals surface area contributed by atoms with Crippen LogP contribution in [0.4, 0.5) is 0 Å². The average Bonchev–Trinajstić information content (AvgIpc) is 2.43. The zero-order valence-corrected chi connectivity index (χ0v) is 16.8. The summed E-state index contributed by atoms with van der Waals surface area (Å²) in [6.07, 6.45) is 3.02. The van der Waals surface area contributed by atoms with Crippen molar-refractivity contribution in [3.63, 3.8) is 0 Å². The van der Waals surface area contributed by atoms with Gasteiger partial charge in [0.1, 0.15) is 0 Å². The SMILES string of the molecule is B=C(NC(C)(C)C(=B)SC)C(CC(C)C)NC(=S)C(C)NC. The van der Waals surface area contributed by atoms with Gasteiger partial charge in [0.25, 0.3) is 0 Å². The molecule has 0 aromatic rings. The quantitative estimate of drug-likeness (QED) is 0.404.